The molecule has 1 atom stereocenters. The molecule has 0 spiro atoms. The summed E-state index contributed by atoms with van der Waals surface area (Å²) in [6.07, 6.45) is 1.50. The topological polar surface area (TPSA) is 76.3 Å². The molecule has 1 unspecified atom stereocenters. The zero-order chi connectivity index (χ0) is 18.9. The zero-order valence-electron chi connectivity index (χ0n) is 14.4. The van der Waals surface area contributed by atoms with E-state index in [0.717, 1.165) is 12.0 Å². The molecule has 0 saturated carbocycles. The highest BCUT2D eigenvalue weighted by Gasteiger charge is 2.32. The van der Waals surface area contributed by atoms with Gasteiger partial charge in [0.25, 0.3) is 0 Å². The molecule has 2 aromatic heterocycles. The van der Waals surface area contributed by atoms with E-state index in [1.807, 2.05) is 16.8 Å². The van der Waals surface area contributed by atoms with E-state index in [4.69, 9.17) is 4.42 Å². The van der Waals surface area contributed by atoms with Crippen LogP contribution in [0.1, 0.15) is 30.2 Å². The lowest BCUT2D eigenvalue weighted by Crippen LogP contribution is -2.39. The van der Waals surface area contributed by atoms with Gasteiger partial charge in [0.05, 0.1) is 11.7 Å². The molecule has 1 aromatic carbocycles. The predicted molar refractivity (Wildman–Crippen MR) is 100 cm³/mol. The van der Waals surface area contributed by atoms with Crippen molar-refractivity contribution >= 4 is 21.4 Å². The minimum atomic E-state index is -3.55. The number of benzene rings is 1. The number of hydrogen-bond donors (Lipinski definition) is 0. The molecule has 3 heterocycles. The highest BCUT2D eigenvalue weighted by Crippen LogP contribution is 2.30. The third kappa shape index (κ3) is 4.10. The quantitative estimate of drug-likeness (QED) is 0.645. The van der Waals surface area contributed by atoms with Crippen LogP contribution in [0.3, 0.4) is 0 Å². The summed E-state index contributed by atoms with van der Waals surface area (Å²) >= 11 is 1.54. The van der Waals surface area contributed by atoms with Crippen molar-refractivity contribution in [3.05, 3.63) is 58.4 Å². The zero-order valence-corrected chi connectivity index (χ0v) is 16.0. The number of piperidine rings is 1. The van der Waals surface area contributed by atoms with Crippen molar-refractivity contribution < 1.29 is 17.2 Å². The van der Waals surface area contributed by atoms with Crippen molar-refractivity contribution in [2.75, 3.05) is 13.1 Å². The first kappa shape index (κ1) is 18.3. The van der Waals surface area contributed by atoms with E-state index in [1.54, 1.807) is 17.4 Å². The molecule has 4 rings (SSSR count). The molecule has 9 heteroatoms. The van der Waals surface area contributed by atoms with Gasteiger partial charge in [-0.1, -0.05) is 12.1 Å². The van der Waals surface area contributed by atoms with Gasteiger partial charge < -0.3 is 4.42 Å². The van der Waals surface area contributed by atoms with Crippen LogP contribution in [0.4, 0.5) is 4.39 Å². The van der Waals surface area contributed by atoms with Gasteiger partial charge in [-0.05, 0) is 42.0 Å². The van der Waals surface area contributed by atoms with E-state index < -0.39 is 15.8 Å². The average Bonchev–Trinajstić information content (AvgIpc) is 3.33. The van der Waals surface area contributed by atoms with Gasteiger partial charge in [-0.3, -0.25) is 0 Å². The Balaban J connectivity index is 1.49. The van der Waals surface area contributed by atoms with Crippen molar-refractivity contribution in [1.29, 1.82) is 0 Å². The molecule has 1 aliphatic heterocycles. The lowest BCUT2D eigenvalue weighted by atomic mass is 10.00. The van der Waals surface area contributed by atoms with E-state index in [2.05, 4.69) is 10.2 Å². The summed E-state index contributed by atoms with van der Waals surface area (Å²) in [4.78, 5) is 0. The maximum atomic E-state index is 13.4. The Hall–Kier alpha value is -2.10. The number of nitrogens with zero attached hydrogens (tertiary/aromatic N) is 3. The van der Waals surface area contributed by atoms with Crippen molar-refractivity contribution in [2.24, 2.45) is 0 Å². The highest BCUT2D eigenvalue weighted by atomic mass is 32.2. The molecule has 6 nitrogen and oxygen atoms in total. The summed E-state index contributed by atoms with van der Waals surface area (Å²) in [5, 5.41) is 12.1. The minimum Gasteiger partial charge on any atom is -0.420 e. The first-order valence-electron chi connectivity index (χ1n) is 8.59. The molecular weight excluding hydrogens is 389 g/mol. The molecule has 0 aliphatic carbocycles. The Kier molecular flexibility index (Phi) is 5.07. The summed E-state index contributed by atoms with van der Waals surface area (Å²) in [5.74, 6) is 0.112. The Bertz CT molecular complexity index is 1020. The van der Waals surface area contributed by atoms with Crippen molar-refractivity contribution in [1.82, 2.24) is 14.5 Å². The van der Waals surface area contributed by atoms with E-state index in [0.29, 0.717) is 36.9 Å². The SMILES string of the molecule is O=S(=O)(Cc1cccc(F)c1)N1CCCC(c2nnc(-c3ccsc3)o2)C1. The van der Waals surface area contributed by atoms with Gasteiger partial charge in [-0.15, -0.1) is 10.2 Å². The van der Waals surface area contributed by atoms with Crippen LogP contribution in [-0.4, -0.2) is 36.0 Å². The monoisotopic (exact) mass is 407 g/mol. The first-order chi connectivity index (χ1) is 13.0. The molecule has 0 bridgehead atoms. The number of halogens is 1. The van der Waals surface area contributed by atoms with Gasteiger partial charge in [0.1, 0.15) is 5.82 Å². The molecule has 0 N–H and O–H groups in total. The van der Waals surface area contributed by atoms with Crippen LogP contribution in [0, 0.1) is 5.82 Å². The summed E-state index contributed by atoms with van der Waals surface area (Å²) in [7, 11) is -3.55. The van der Waals surface area contributed by atoms with Crippen LogP contribution < -0.4 is 0 Å². The van der Waals surface area contributed by atoms with E-state index in [9.17, 15) is 12.8 Å². The van der Waals surface area contributed by atoms with E-state index in [1.165, 1.54) is 22.5 Å². The maximum absolute atomic E-state index is 13.4. The van der Waals surface area contributed by atoms with Crippen molar-refractivity contribution in [3.8, 4) is 11.5 Å². The molecule has 3 aromatic rings. The molecule has 27 heavy (non-hydrogen) atoms. The van der Waals surface area contributed by atoms with E-state index >= 15 is 0 Å². The molecule has 1 saturated heterocycles. The molecule has 0 radical (unpaired) electrons. The number of aromatic nitrogens is 2. The molecule has 1 aliphatic rings. The second-order valence-electron chi connectivity index (χ2n) is 6.54. The number of sulfonamides is 1. The van der Waals surface area contributed by atoms with Crippen LogP contribution in [-0.2, 0) is 15.8 Å². The summed E-state index contributed by atoms with van der Waals surface area (Å²) in [6.45, 7) is 0.739. The number of rotatable bonds is 5. The standard InChI is InChI=1S/C18H18FN3O3S2/c19-16-5-1-3-13(9-16)12-27(23,24)22-7-2-4-14(10-22)17-20-21-18(25-17)15-6-8-26-11-15/h1,3,5-6,8-9,11,14H,2,4,7,10,12H2. The van der Waals surface area contributed by atoms with Gasteiger partial charge >= 0.3 is 0 Å². The number of hydrogen-bond acceptors (Lipinski definition) is 6. The third-order valence-electron chi connectivity index (χ3n) is 4.57. The Labute approximate surface area is 160 Å². The van der Waals surface area contributed by atoms with Crippen LogP contribution in [0.25, 0.3) is 11.5 Å². The van der Waals surface area contributed by atoms with Crippen LogP contribution in [0.5, 0.6) is 0 Å². The van der Waals surface area contributed by atoms with Gasteiger partial charge in [0, 0.05) is 24.0 Å². The Morgan fingerprint density at radius 2 is 2.19 bits per heavy atom. The van der Waals surface area contributed by atoms with Crippen LogP contribution in [0.15, 0.2) is 45.5 Å². The molecule has 1 fully saturated rings. The number of thiophene rings is 1. The van der Waals surface area contributed by atoms with Crippen molar-refractivity contribution in [2.45, 2.75) is 24.5 Å². The Morgan fingerprint density at radius 3 is 2.96 bits per heavy atom. The lowest BCUT2D eigenvalue weighted by molar-refractivity contribution is 0.286. The van der Waals surface area contributed by atoms with Gasteiger partial charge in [0.15, 0.2) is 0 Å². The van der Waals surface area contributed by atoms with Crippen LogP contribution in [0.2, 0.25) is 0 Å². The second kappa shape index (κ2) is 7.49. The normalized spacial score (nSPS) is 18.6. The summed E-state index contributed by atoms with van der Waals surface area (Å²) < 4.78 is 46.1. The minimum absolute atomic E-state index is 0.138. The van der Waals surface area contributed by atoms with Gasteiger partial charge in [0.2, 0.25) is 21.8 Å². The summed E-state index contributed by atoms with van der Waals surface area (Å²) in [5.41, 5.74) is 1.31. The van der Waals surface area contributed by atoms with Crippen molar-refractivity contribution in [3.63, 3.8) is 0 Å². The average molecular weight is 407 g/mol. The first-order valence-corrected chi connectivity index (χ1v) is 11.1. The van der Waals surface area contributed by atoms with Gasteiger partial charge in [-0.25, -0.2) is 17.1 Å². The molecular formula is C18H18FN3O3S2. The fourth-order valence-corrected chi connectivity index (χ4v) is 5.46. The molecule has 0 amide bonds. The smallest absolute Gasteiger partial charge is 0.248 e. The fraction of sp³-hybridized carbons (Fsp3) is 0.333. The third-order valence-corrected chi connectivity index (χ3v) is 7.07. The van der Waals surface area contributed by atoms with Crippen LogP contribution >= 0.6 is 11.3 Å². The maximum Gasteiger partial charge on any atom is 0.248 e. The van der Waals surface area contributed by atoms with Gasteiger partial charge in [-0.2, -0.15) is 11.3 Å². The molecule has 142 valence electrons. The summed E-state index contributed by atoms with van der Waals surface area (Å²) in [6, 6.07) is 7.59. The lowest BCUT2D eigenvalue weighted by Gasteiger charge is -2.30. The highest BCUT2D eigenvalue weighted by molar-refractivity contribution is 7.88. The second-order valence-corrected chi connectivity index (χ2v) is 9.29. The fourth-order valence-electron chi connectivity index (χ4n) is 3.23. The largest absolute Gasteiger partial charge is 0.420 e. The predicted octanol–water partition coefficient (Wildman–Crippen LogP) is 3.65. The Morgan fingerprint density at radius 1 is 1.30 bits per heavy atom. The van der Waals surface area contributed by atoms with E-state index in [-0.39, 0.29) is 11.7 Å².